The van der Waals surface area contributed by atoms with Gasteiger partial charge in [0.15, 0.2) is 6.61 Å². The number of benzene rings is 2. The highest BCUT2D eigenvalue weighted by Crippen LogP contribution is 2.24. The van der Waals surface area contributed by atoms with E-state index in [0.717, 1.165) is 20.8 Å². The number of ether oxygens (including phenoxy) is 1. The summed E-state index contributed by atoms with van der Waals surface area (Å²) in [4.78, 5) is 16.0. The normalized spacial score (nSPS) is 11.9. The van der Waals surface area contributed by atoms with Crippen LogP contribution in [0, 0.1) is 0 Å². The minimum atomic E-state index is -0.157. The molecule has 1 atom stereocenters. The van der Waals surface area contributed by atoms with Crippen LogP contribution in [0.1, 0.15) is 18.5 Å². The van der Waals surface area contributed by atoms with Crippen molar-refractivity contribution in [1.29, 1.82) is 0 Å². The van der Waals surface area contributed by atoms with Crippen molar-refractivity contribution in [3.05, 3.63) is 71.0 Å². The zero-order chi connectivity index (χ0) is 16.9. The number of halogens is 1. The van der Waals surface area contributed by atoms with Crippen LogP contribution in [-0.4, -0.2) is 17.5 Å². The molecule has 24 heavy (non-hydrogen) atoms. The zero-order valence-electron chi connectivity index (χ0n) is 13.2. The second-order valence-electron chi connectivity index (χ2n) is 5.51. The van der Waals surface area contributed by atoms with E-state index in [1.807, 2.05) is 55.5 Å². The van der Waals surface area contributed by atoms with Gasteiger partial charge in [-0.2, -0.15) is 0 Å². The largest absolute Gasteiger partial charge is 0.484 e. The first kappa shape index (κ1) is 16.5. The Morgan fingerprint density at radius 3 is 2.62 bits per heavy atom. The number of carbonyl (C=O) groups excluding carboxylic acids is 1. The molecule has 0 bridgehead atoms. The maximum atomic E-state index is 12.1. The Labute approximate surface area is 149 Å². The number of amides is 1. The van der Waals surface area contributed by atoms with Gasteiger partial charge in [0.2, 0.25) is 0 Å². The summed E-state index contributed by atoms with van der Waals surface area (Å²) < 4.78 is 6.64. The fourth-order valence-corrected chi connectivity index (χ4v) is 2.83. The summed E-state index contributed by atoms with van der Waals surface area (Å²) in [5, 5.41) is 5.10. The van der Waals surface area contributed by atoms with Crippen molar-refractivity contribution in [3.8, 4) is 5.75 Å². The molecule has 1 aromatic heterocycles. The molecule has 0 saturated carbocycles. The van der Waals surface area contributed by atoms with Crippen LogP contribution in [0.4, 0.5) is 0 Å². The van der Waals surface area contributed by atoms with Crippen molar-refractivity contribution >= 4 is 32.6 Å². The SMILES string of the molecule is C[C@H](NC(=O)COc1ccc2cc(Br)ccc2c1)c1ccncc1. The van der Waals surface area contributed by atoms with Gasteiger partial charge in [0.05, 0.1) is 6.04 Å². The fraction of sp³-hybridized carbons (Fsp3) is 0.158. The topological polar surface area (TPSA) is 51.2 Å². The number of aromatic nitrogens is 1. The highest BCUT2D eigenvalue weighted by atomic mass is 79.9. The van der Waals surface area contributed by atoms with E-state index in [4.69, 9.17) is 4.74 Å². The van der Waals surface area contributed by atoms with E-state index in [2.05, 4.69) is 26.2 Å². The molecular formula is C19H17BrN2O2. The number of nitrogens with one attached hydrogen (secondary N) is 1. The summed E-state index contributed by atoms with van der Waals surface area (Å²) >= 11 is 3.45. The molecule has 0 aliphatic carbocycles. The van der Waals surface area contributed by atoms with Gasteiger partial charge in [0, 0.05) is 16.9 Å². The van der Waals surface area contributed by atoms with E-state index < -0.39 is 0 Å². The molecule has 3 rings (SSSR count). The first-order chi connectivity index (χ1) is 11.6. The number of hydrogen-bond donors (Lipinski definition) is 1. The van der Waals surface area contributed by atoms with Crippen molar-refractivity contribution < 1.29 is 9.53 Å². The Morgan fingerprint density at radius 1 is 1.12 bits per heavy atom. The Balaban J connectivity index is 1.59. The highest BCUT2D eigenvalue weighted by molar-refractivity contribution is 9.10. The summed E-state index contributed by atoms with van der Waals surface area (Å²) in [6.45, 7) is 1.92. The van der Waals surface area contributed by atoms with Crippen molar-refractivity contribution in [1.82, 2.24) is 10.3 Å². The van der Waals surface area contributed by atoms with Crippen molar-refractivity contribution in [2.24, 2.45) is 0 Å². The van der Waals surface area contributed by atoms with Crippen molar-refractivity contribution in [2.75, 3.05) is 6.61 Å². The molecule has 0 fully saturated rings. The smallest absolute Gasteiger partial charge is 0.258 e. The third-order valence-electron chi connectivity index (χ3n) is 3.73. The van der Waals surface area contributed by atoms with Crippen molar-refractivity contribution in [3.63, 3.8) is 0 Å². The molecule has 1 heterocycles. The van der Waals surface area contributed by atoms with Crippen LogP contribution in [0.2, 0.25) is 0 Å². The van der Waals surface area contributed by atoms with Gasteiger partial charge in [-0.15, -0.1) is 0 Å². The van der Waals surface area contributed by atoms with Gasteiger partial charge in [0.1, 0.15) is 5.75 Å². The van der Waals surface area contributed by atoms with Gasteiger partial charge >= 0.3 is 0 Å². The third-order valence-corrected chi connectivity index (χ3v) is 4.22. The predicted molar refractivity (Wildman–Crippen MR) is 97.9 cm³/mol. The lowest BCUT2D eigenvalue weighted by Crippen LogP contribution is -2.31. The van der Waals surface area contributed by atoms with Gasteiger partial charge in [-0.3, -0.25) is 9.78 Å². The molecule has 0 unspecified atom stereocenters. The van der Waals surface area contributed by atoms with E-state index in [-0.39, 0.29) is 18.6 Å². The maximum Gasteiger partial charge on any atom is 0.258 e. The Kier molecular flexibility index (Phi) is 5.11. The fourth-order valence-electron chi connectivity index (χ4n) is 2.45. The number of rotatable bonds is 5. The molecule has 122 valence electrons. The summed E-state index contributed by atoms with van der Waals surface area (Å²) in [5.41, 5.74) is 1.01. The number of hydrogen-bond acceptors (Lipinski definition) is 3. The molecule has 1 N–H and O–H groups in total. The molecule has 0 aliphatic heterocycles. The molecule has 0 aliphatic rings. The van der Waals surface area contributed by atoms with Gasteiger partial charge in [0.25, 0.3) is 5.91 Å². The molecule has 0 radical (unpaired) electrons. The highest BCUT2D eigenvalue weighted by Gasteiger charge is 2.10. The Hall–Kier alpha value is -2.40. The summed E-state index contributed by atoms with van der Waals surface area (Å²) in [6, 6.07) is 15.5. The van der Waals surface area contributed by atoms with E-state index in [9.17, 15) is 4.79 Å². The zero-order valence-corrected chi connectivity index (χ0v) is 14.8. The van der Waals surface area contributed by atoms with Crippen LogP contribution in [0.25, 0.3) is 10.8 Å². The second kappa shape index (κ2) is 7.45. The molecule has 5 heteroatoms. The third kappa shape index (κ3) is 4.11. The molecule has 2 aromatic carbocycles. The number of fused-ring (bicyclic) bond motifs is 1. The Morgan fingerprint density at radius 2 is 1.83 bits per heavy atom. The monoisotopic (exact) mass is 384 g/mol. The van der Waals surface area contributed by atoms with E-state index in [1.165, 1.54) is 0 Å². The van der Waals surface area contributed by atoms with Crippen LogP contribution >= 0.6 is 15.9 Å². The molecule has 0 spiro atoms. The van der Waals surface area contributed by atoms with Crippen LogP contribution in [0.15, 0.2) is 65.4 Å². The number of nitrogens with zero attached hydrogens (tertiary/aromatic N) is 1. The van der Waals surface area contributed by atoms with Crippen LogP contribution in [0.5, 0.6) is 5.75 Å². The van der Waals surface area contributed by atoms with E-state index in [1.54, 1.807) is 12.4 Å². The minimum Gasteiger partial charge on any atom is -0.484 e. The summed E-state index contributed by atoms with van der Waals surface area (Å²) in [7, 11) is 0. The minimum absolute atomic E-state index is 0.0164. The molecule has 0 saturated heterocycles. The standard InChI is InChI=1S/C19H17BrN2O2/c1-13(14-6-8-21-9-7-14)22-19(23)12-24-18-5-3-15-10-17(20)4-2-16(15)11-18/h2-11,13H,12H2,1H3,(H,22,23)/t13-/m0/s1. The summed E-state index contributed by atoms with van der Waals surface area (Å²) in [6.07, 6.45) is 3.42. The van der Waals surface area contributed by atoms with E-state index >= 15 is 0 Å². The lowest BCUT2D eigenvalue weighted by Gasteiger charge is -2.14. The average molecular weight is 385 g/mol. The molecule has 1 amide bonds. The predicted octanol–water partition coefficient (Wildman–Crippen LogP) is 4.25. The summed E-state index contributed by atoms with van der Waals surface area (Å²) in [5.74, 6) is 0.520. The van der Waals surface area contributed by atoms with Gasteiger partial charge in [-0.1, -0.05) is 28.1 Å². The first-order valence-electron chi connectivity index (χ1n) is 7.63. The van der Waals surface area contributed by atoms with Crippen LogP contribution in [0.3, 0.4) is 0 Å². The second-order valence-corrected chi connectivity index (χ2v) is 6.43. The van der Waals surface area contributed by atoms with Crippen molar-refractivity contribution in [2.45, 2.75) is 13.0 Å². The van der Waals surface area contributed by atoms with Crippen LogP contribution < -0.4 is 10.1 Å². The first-order valence-corrected chi connectivity index (χ1v) is 8.42. The van der Waals surface area contributed by atoms with Crippen LogP contribution in [-0.2, 0) is 4.79 Å². The Bertz CT molecular complexity index is 852. The number of pyridine rings is 1. The quantitative estimate of drug-likeness (QED) is 0.714. The molecule has 3 aromatic rings. The lowest BCUT2D eigenvalue weighted by molar-refractivity contribution is -0.123. The maximum absolute atomic E-state index is 12.1. The van der Waals surface area contributed by atoms with Gasteiger partial charge in [-0.25, -0.2) is 0 Å². The molecule has 4 nitrogen and oxygen atoms in total. The van der Waals surface area contributed by atoms with Gasteiger partial charge in [-0.05, 0) is 59.7 Å². The average Bonchev–Trinajstić information content (AvgIpc) is 2.60. The van der Waals surface area contributed by atoms with E-state index in [0.29, 0.717) is 5.75 Å². The lowest BCUT2D eigenvalue weighted by atomic mass is 10.1. The molecular weight excluding hydrogens is 368 g/mol. The number of carbonyl (C=O) groups is 1. The van der Waals surface area contributed by atoms with Gasteiger partial charge < -0.3 is 10.1 Å².